The molecule has 0 aromatic carbocycles. The third-order valence-corrected chi connectivity index (χ3v) is 5.10. The molecule has 0 spiro atoms. The minimum absolute atomic E-state index is 0.247. The van der Waals surface area contributed by atoms with Crippen molar-refractivity contribution >= 4 is 28.9 Å². The minimum atomic E-state index is 0.247. The number of hydrogen-bond donors (Lipinski definition) is 0. The van der Waals surface area contributed by atoms with Crippen LogP contribution in [0.2, 0.25) is 0 Å². The lowest BCUT2D eigenvalue weighted by Crippen LogP contribution is -1.97. The molecule has 1 aromatic heterocycles. The zero-order valence-corrected chi connectivity index (χ0v) is 11.2. The predicted octanol–water partition coefficient (Wildman–Crippen LogP) is 4.08. The summed E-state index contributed by atoms with van der Waals surface area (Å²) < 4.78 is 0. The number of fused-ring (bicyclic) bond motifs is 1. The second kappa shape index (κ2) is 5.19. The Morgan fingerprint density at radius 1 is 1.56 bits per heavy atom. The van der Waals surface area contributed by atoms with Crippen molar-refractivity contribution in [2.45, 2.75) is 31.9 Å². The largest absolute Gasteiger partial charge is 0.293 e. The van der Waals surface area contributed by atoms with Gasteiger partial charge in [0.15, 0.2) is 5.78 Å². The summed E-state index contributed by atoms with van der Waals surface area (Å²) in [5.41, 5.74) is 2.41. The molecule has 0 fully saturated rings. The van der Waals surface area contributed by atoms with E-state index in [1.54, 1.807) is 11.3 Å². The molecule has 1 aliphatic rings. The van der Waals surface area contributed by atoms with E-state index in [0.29, 0.717) is 6.42 Å². The van der Waals surface area contributed by atoms with E-state index in [1.807, 2.05) is 18.7 Å². The molecule has 86 valence electrons. The fourth-order valence-electron chi connectivity index (χ4n) is 1.72. The van der Waals surface area contributed by atoms with Crippen molar-refractivity contribution in [3.8, 4) is 0 Å². The van der Waals surface area contributed by atoms with Crippen LogP contribution in [-0.4, -0.2) is 11.5 Å². The lowest BCUT2D eigenvalue weighted by Gasteiger charge is -2.08. The summed E-state index contributed by atoms with van der Waals surface area (Å²) in [6.45, 7) is 5.95. The van der Waals surface area contributed by atoms with Crippen LogP contribution in [0.3, 0.4) is 0 Å². The van der Waals surface area contributed by atoms with E-state index in [9.17, 15) is 4.79 Å². The Morgan fingerprint density at radius 3 is 3.06 bits per heavy atom. The first kappa shape index (κ1) is 11.9. The number of thioether (sulfide) groups is 1. The molecule has 0 amide bonds. The maximum Gasteiger partial charge on any atom is 0.176 e. The summed E-state index contributed by atoms with van der Waals surface area (Å²) in [5, 5.41) is 0. The summed E-state index contributed by atoms with van der Waals surface area (Å²) in [6.07, 6.45) is 2.54. The van der Waals surface area contributed by atoms with E-state index in [1.165, 1.54) is 16.2 Å². The predicted molar refractivity (Wildman–Crippen MR) is 72.6 cm³/mol. The van der Waals surface area contributed by atoms with E-state index < -0.39 is 0 Å². The van der Waals surface area contributed by atoms with E-state index >= 15 is 0 Å². The van der Waals surface area contributed by atoms with Gasteiger partial charge in [-0.1, -0.05) is 19.1 Å². The highest BCUT2D eigenvalue weighted by atomic mass is 32.2. The van der Waals surface area contributed by atoms with Gasteiger partial charge in [0, 0.05) is 17.1 Å². The van der Waals surface area contributed by atoms with Crippen molar-refractivity contribution in [2.24, 2.45) is 0 Å². The van der Waals surface area contributed by atoms with E-state index in [2.05, 4.69) is 12.6 Å². The van der Waals surface area contributed by atoms with Crippen molar-refractivity contribution in [1.82, 2.24) is 0 Å². The molecule has 0 saturated carbocycles. The van der Waals surface area contributed by atoms with Gasteiger partial charge in [0.05, 0.1) is 4.88 Å². The second-order valence-electron chi connectivity index (χ2n) is 4.07. The summed E-state index contributed by atoms with van der Waals surface area (Å²) in [5.74, 6) is 2.52. The third-order valence-electron chi connectivity index (χ3n) is 2.81. The summed E-state index contributed by atoms with van der Waals surface area (Å²) in [4.78, 5) is 14.3. The number of Topliss-reactive ketones (excluding diaryl/α,β-unsaturated/α-hetero) is 1. The molecule has 1 aromatic rings. The van der Waals surface area contributed by atoms with Gasteiger partial charge < -0.3 is 0 Å². The van der Waals surface area contributed by atoms with Crippen molar-refractivity contribution in [2.75, 3.05) is 5.75 Å². The second-order valence-corrected chi connectivity index (χ2v) is 6.31. The van der Waals surface area contributed by atoms with Crippen molar-refractivity contribution in [3.05, 3.63) is 33.5 Å². The molecular weight excluding hydrogens is 236 g/mol. The molecule has 2 rings (SSSR count). The van der Waals surface area contributed by atoms with Crippen LogP contribution in [0, 0.1) is 0 Å². The number of aryl methyl sites for hydroxylation is 1. The first-order valence-electron chi connectivity index (χ1n) is 5.60. The Hall–Kier alpha value is -0.540. The molecular formula is C13H16OS2. The number of carbonyl (C=O) groups is 1. The Balaban J connectivity index is 2.12. The van der Waals surface area contributed by atoms with Gasteiger partial charge in [-0.05, 0) is 30.2 Å². The minimum Gasteiger partial charge on any atom is -0.293 e. The molecule has 16 heavy (non-hydrogen) atoms. The van der Waals surface area contributed by atoms with Gasteiger partial charge in [-0.3, -0.25) is 4.79 Å². The molecule has 1 aliphatic heterocycles. The first-order valence-corrected chi connectivity index (χ1v) is 7.57. The Morgan fingerprint density at radius 2 is 2.38 bits per heavy atom. The van der Waals surface area contributed by atoms with E-state index in [-0.39, 0.29) is 5.78 Å². The van der Waals surface area contributed by atoms with E-state index in [0.717, 1.165) is 29.0 Å². The third kappa shape index (κ3) is 2.58. The van der Waals surface area contributed by atoms with Gasteiger partial charge in [0.2, 0.25) is 0 Å². The Labute approximate surface area is 105 Å². The maximum absolute atomic E-state index is 12.0. The highest BCUT2D eigenvalue weighted by Gasteiger charge is 2.17. The van der Waals surface area contributed by atoms with Crippen LogP contribution in [0.5, 0.6) is 0 Å². The lowest BCUT2D eigenvalue weighted by atomic mass is 10.1. The number of hydrogen-bond acceptors (Lipinski definition) is 3. The molecule has 0 radical (unpaired) electrons. The van der Waals surface area contributed by atoms with Gasteiger partial charge in [-0.15, -0.1) is 11.3 Å². The highest BCUT2D eigenvalue weighted by Crippen LogP contribution is 2.32. The van der Waals surface area contributed by atoms with Crippen molar-refractivity contribution < 1.29 is 4.79 Å². The molecule has 0 aliphatic carbocycles. The summed E-state index contributed by atoms with van der Waals surface area (Å²) in [6, 6.07) is 2.09. The van der Waals surface area contributed by atoms with E-state index in [4.69, 9.17) is 0 Å². The standard InChI is InChI=1S/C13H16OS2/c1-3-9(2)6-11(14)13-7-10-8-15-5-4-12(10)16-13/h7H,2-6,8H2,1H3. The monoisotopic (exact) mass is 252 g/mol. The normalized spacial score (nSPS) is 14.6. The Bertz CT molecular complexity index is 394. The van der Waals surface area contributed by atoms with Crippen LogP contribution in [-0.2, 0) is 12.2 Å². The van der Waals surface area contributed by atoms with Crippen LogP contribution in [0.15, 0.2) is 18.2 Å². The molecule has 0 atom stereocenters. The van der Waals surface area contributed by atoms with Gasteiger partial charge in [0.25, 0.3) is 0 Å². The number of carbonyl (C=O) groups excluding carboxylic acids is 1. The quantitative estimate of drug-likeness (QED) is 0.593. The number of thiophene rings is 1. The number of allylic oxidation sites excluding steroid dienone is 1. The lowest BCUT2D eigenvalue weighted by molar-refractivity contribution is 0.0996. The first-order chi connectivity index (χ1) is 7.70. The van der Waals surface area contributed by atoms with Crippen LogP contribution >= 0.6 is 23.1 Å². The fourth-order valence-corrected chi connectivity index (χ4v) is 4.03. The zero-order valence-electron chi connectivity index (χ0n) is 9.54. The smallest absolute Gasteiger partial charge is 0.176 e. The Kier molecular flexibility index (Phi) is 3.87. The van der Waals surface area contributed by atoms with Gasteiger partial charge in [-0.25, -0.2) is 0 Å². The topological polar surface area (TPSA) is 17.1 Å². The molecule has 0 N–H and O–H groups in total. The van der Waals surface area contributed by atoms with Crippen LogP contribution in [0.4, 0.5) is 0 Å². The van der Waals surface area contributed by atoms with Gasteiger partial charge >= 0.3 is 0 Å². The maximum atomic E-state index is 12.0. The average molecular weight is 252 g/mol. The highest BCUT2D eigenvalue weighted by molar-refractivity contribution is 7.98. The fraction of sp³-hybridized carbons (Fsp3) is 0.462. The molecule has 0 saturated heterocycles. The molecule has 0 bridgehead atoms. The van der Waals surface area contributed by atoms with Gasteiger partial charge in [-0.2, -0.15) is 11.8 Å². The van der Waals surface area contributed by atoms with Crippen molar-refractivity contribution in [3.63, 3.8) is 0 Å². The SMILES string of the molecule is C=C(CC)CC(=O)c1cc2c(s1)CCSC2. The van der Waals surface area contributed by atoms with Crippen LogP contribution < -0.4 is 0 Å². The molecule has 1 nitrogen and oxygen atoms in total. The summed E-state index contributed by atoms with van der Waals surface area (Å²) in [7, 11) is 0. The van der Waals surface area contributed by atoms with Crippen LogP contribution in [0.1, 0.15) is 39.9 Å². The summed E-state index contributed by atoms with van der Waals surface area (Å²) >= 11 is 3.65. The molecule has 2 heterocycles. The van der Waals surface area contributed by atoms with Gasteiger partial charge in [0.1, 0.15) is 0 Å². The molecule has 3 heteroatoms. The average Bonchev–Trinajstić information content (AvgIpc) is 2.72. The zero-order chi connectivity index (χ0) is 11.5. The number of rotatable bonds is 4. The van der Waals surface area contributed by atoms with Crippen molar-refractivity contribution in [1.29, 1.82) is 0 Å². The van der Waals surface area contributed by atoms with Crippen LogP contribution in [0.25, 0.3) is 0 Å². The number of ketones is 1. The molecule has 0 unspecified atom stereocenters.